The van der Waals surface area contributed by atoms with Gasteiger partial charge < -0.3 is 10.1 Å². The van der Waals surface area contributed by atoms with Crippen molar-refractivity contribution in [3.05, 3.63) is 29.3 Å². The van der Waals surface area contributed by atoms with Crippen molar-refractivity contribution in [3.8, 4) is 5.75 Å². The van der Waals surface area contributed by atoms with Gasteiger partial charge in [0.2, 0.25) is 0 Å². The van der Waals surface area contributed by atoms with Crippen molar-refractivity contribution in [2.45, 2.75) is 44.6 Å². The van der Waals surface area contributed by atoms with Crippen LogP contribution in [0.15, 0.2) is 18.2 Å². The summed E-state index contributed by atoms with van der Waals surface area (Å²) in [5.41, 5.74) is 2.98. The first kappa shape index (κ1) is 12.0. The van der Waals surface area contributed by atoms with Crippen LogP contribution in [-0.2, 0) is 6.42 Å². The molecule has 18 heavy (non-hydrogen) atoms. The molecule has 0 bridgehead atoms. The van der Waals surface area contributed by atoms with Crippen molar-refractivity contribution >= 4 is 0 Å². The van der Waals surface area contributed by atoms with Crippen LogP contribution in [0.2, 0.25) is 0 Å². The van der Waals surface area contributed by atoms with Crippen LogP contribution < -0.4 is 10.1 Å². The number of ether oxygens (including phenoxy) is 1. The number of rotatable bonds is 4. The second-order valence-electron chi connectivity index (χ2n) is 5.71. The Morgan fingerprint density at radius 3 is 2.83 bits per heavy atom. The minimum Gasteiger partial charge on any atom is -0.497 e. The SMILES string of the molecule is COc1ccc2c(c1)CCCC2NCC1CCC1. The van der Waals surface area contributed by atoms with Crippen LogP contribution in [0.5, 0.6) is 5.75 Å². The van der Waals surface area contributed by atoms with Crippen molar-refractivity contribution in [2.75, 3.05) is 13.7 Å². The zero-order valence-electron chi connectivity index (χ0n) is 11.2. The minimum absolute atomic E-state index is 0.570. The molecule has 1 aromatic carbocycles. The lowest BCUT2D eigenvalue weighted by Gasteiger charge is -2.31. The monoisotopic (exact) mass is 245 g/mol. The highest BCUT2D eigenvalue weighted by molar-refractivity contribution is 5.39. The van der Waals surface area contributed by atoms with Gasteiger partial charge in [0.15, 0.2) is 0 Å². The molecule has 0 saturated heterocycles. The zero-order chi connectivity index (χ0) is 12.4. The van der Waals surface area contributed by atoms with Crippen LogP contribution >= 0.6 is 0 Å². The van der Waals surface area contributed by atoms with Crippen LogP contribution in [0.3, 0.4) is 0 Å². The van der Waals surface area contributed by atoms with Gasteiger partial charge in [0.05, 0.1) is 7.11 Å². The van der Waals surface area contributed by atoms with E-state index < -0.39 is 0 Å². The van der Waals surface area contributed by atoms with Crippen molar-refractivity contribution in [1.29, 1.82) is 0 Å². The molecule has 0 spiro atoms. The Bertz CT molecular complexity index is 412. The van der Waals surface area contributed by atoms with Crippen molar-refractivity contribution in [1.82, 2.24) is 5.32 Å². The molecule has 1 fully saturated rings. The van der Waals surface area contributed by atoms with Crippen LogP contribution in [0.4, 0.5) is 0 Å². The first-order valence-corrected chi connectivity index (χ1v) is 7.27. The maximum Gasteiger partial charge on any atom is 0.119 e. The fraction of sp³-hybridized carbons (Fsp3) is 0.625. The summed E-state index contributed by atoms with van der Waals surface area (Å²) in [7, 11) is 1.75. The minimum atomic E-state index is 0.570. The van der Waals surface area contributed by atoms with Gasteiger partial charge in [0, 0.05) is 6.04 Å². The third-order valence-electron chi connectivity index (χ3n) is 4.54. The molecule has 1 unspecified atom stereocenters. The largest absolute Gasteiger partial charge is 0.497 e. The summed E-state index contributed by atoms with van der Waals surface area (Å²) in [5, 5.41) is 3.78. The van der Waals surface area contributed by atoms with E-state index in [1.165, 1.54) is 56.2 Å². The smallest absolute Gasteiger partial charge is 0.119 e. The van der Waals surface area contributed by atoms with E-state index >= 15 is 0 Å². The summed E-state index contributed by atoms with van der Waals surface area (Å²) >= 11 is 0. The Morgan fingerprint density at radius 1 is 1.22 bits per heavy atom. The van der Waals surface area contributed by atoms with E-state index in [-0.39, 0.29) is 0 Å². The molecule has 3 rings (SSSR count). The second-order valence-corrected chi connectivity index (χ2v) is 5.71. The number of benzene rings is 1. The number of aryl methyl sites for hydroxylation is 1. The summed E-state index contributed by atoms with van der Waals surface area (Å²) < 4.78 is 5.32. The lowest BCUT2D eigenvalue weighted by molar-refractivity contribution is 0.283. The lowest BCUT2D eigenvalue weighted by atomic mass is 9.83. The van der Waals surface area contributed by atoms with E-state index in [4.69, 9.17) is 4.74 Å². The van der Waals surface area contributed by atoms with Crippen LogP contribution in [0.1, 0.15) is 49.3 Å². The molecular formula is C16H23NO. The molecule has 2 aliphatic carbocycles. The summed E-state index contributed by atoms with van der Waals surface area (Å²) in [5.74, 6) is 1.93. The quantitative estimate of drug-likeness (QED) is 0.877. The average molecular weight is 245 g/mol. The summed E-state index contributed by atoms with van der Waals surface area (Å²) in [6.45, 7) is 1.20. The summed E-state index contributed by atoms with van der Waals surface area (Å²) in [6, 6.07) is 7.14. The summed E-state index contributed by atoms with van der Waals surface area (Å²) in [4.78, 5) is 0. The highest BCUT2D eigenvalue weighted by Crippen LogP contribution is 2.33. The van der Waals surface area contributed by atoms with Gasteiger partial charge in [-0.15, -0.1) is 0 Å². The number of nitrogens with one attached hydrogen (secondary N) is 1. The van der Waals surface area contributed by atoms with Crippen LogP contribution in [0.25, 0.3) is 0 Å². The highest BCUT2D eigenvalue weighted by atomic mass is 16.5. The Balaban J connectivity index is 1.70. The molecule has 1 N–H and O–H groups in total. The Hall–Kier alpha value is -1.02. The maximum atomic E-state index is 5.32. The van der Waals surface area contributed by atoms with E-state index in [1.807, 2.05) is 0 Å². The van der Waals surface area contributed by atoms with Gasteiger partial charge in [-0.2, -0.15) is 0 Å². The Morgan fingerprint density at radius 2 is 2.11 bits per heavy atom. The van der Waals surface area contributed by atoms with Crippen LogP contribution in [0, 0.1) is 5.92 Å². The number of fused-ring (bicyclic) bond motifs is 1. The van der Waals surface area contributed by atoms with Gasteiger partial charge >= 0.3 is 0 Å². The molecule has 0 aromatic heterocycles. The number of hydrogen-bond donors (Lipinski definition) is 1. The predicted octanol–water partition coefficient (Wildman–Crippen LogP) is 3.46. The molecule has 98 valence electrons. The lowest BCUT2D eigenvalue weighted by Crippen LogP contribution is -2.32. The molecule has 2 heteroatoms. The van der Waals surface area contributed by atoms with Crippen LogP contribution in [-0.4, -0.2) is 13.7 Å². The molecule has 1 saturated carbocycles. The third kappa shape index (κ3) is 2.39. The molecule has 0 radical (unpaired) electrons. The Kier molecular flexibility index (Phi) is 3.55. The van der Waals surface area contributed by atoms with Gasteiger partial charge in [-0.1, -0.05) is 12.5 Å². The van der Waals surface area contributed by atoms with Gasteiger partial charge in [-0.25, -0.2) is 0 Å². The van der Waals surface area contributed by atoms with E-state index in [9.17, 15) is 0 Å². The molecule has 2 nitrogen and oxygen atoms in total. The number of methoxy groups -OCH3 is 1. The number of hydrogen-bond acceptors (Lipinski definition) is 2. The predicted molar refractivity (Wildman–Crippen MR) is 74.0 cm³/mol. The topological polar surface area (TPSA) is 21.3 Å². The van der Waals surface area contributed by atoms with Crippen molar-refractivity contribution < 1.29 is 4.74 Å². The van der Waals surface area contributed by atoms with Gasteiger partial charge in [-0.3, -0.25) is 0 Å². The van der Waals surface area contributed by atoms with Gasteiger partial charge in [0.1, 0.15) is 5.75 Å². The zero-order valence-corrected chi connectivity index (χ0v) is 11.2. The molecule has 1 aromatic rings. The molecule has 0 aliphatic heterocycles. The van der Waals surface area contributed by atoms with E-state index in [0.717, 1.165) is 11.7 Å². The standard InChI is InChI=1S/C16H23NO/c1-18-14-8-9-15-13(10-14)6-3-7-16(15)17-11-12-4-2-5-12/h8-10,12,16-17H,2-7,11H2,1H3. The molecule has 0 amide bonds. The fourth-order valence-electron chi connectivity index (χ4n) is 3.14. The van der Waals surface area contributed by atoms with E-state index in [0.29, 0.717) is 6.04 Å². The normalized spacial score (nSPS) is 23.3. The van der Waals surface area contributed by atoms with Gasteiger partial charge in [0.25, 0.3) is 0 Å². The van der Waals surface area contributed by atoms with Crippen molar-refractivity contribution in [3.63, 3.8) is 0 Å². The van der Waals surface area contributed by atoms with E-state index in [2.05, 4.69) is 23.5 Å². The first-order valence-electron chi connectivity index (χ1n) is 7.27. The fourth-order valence-corrected chi connectivity index (χ4v) is 3.14. The van der Waals surface area contributed by atoms with Crippen molar-refractivity contribution in [2.24, 2.45) is 5.92 Å². The molecule has 1 atom stereocenters. The highest BCUT2D eigenvalue weighted by Gasteiger charge is 2.23. The second kappa shape index (κ2) is 5.31. The average Bonchev–Trinajstić information content (AvgIpc) is 2.36. The summed E-state index contributed by atoms with van der Waals surface area (Å²) in [6.07, 6.45) is 8.07. The molecule has 0 heterocycles. The van der Waals surface area contributed by atoms with Gasteiger partial charge in [-0.05, 0) is 67.8 Å². The molecular weight excluding hydrogens is 222 g/mol. The Labute approximate surface area is 110 Å². The maximum absolute atomic E-state index is 5.32. The molecule has 2 aliphatic rings. The van der Waals surface area contributed by atoms with E-state index in [1.54, 1.807) is 7.11 Å². The third-order valence-corrected chi connectivity index (χ3v) is 4.54. The first-order chi connectivity index (χ1) is 8.86.